The Kier molecular flexibility index (Phi) is 8.36. The third kappa shape index (κ3) is 5.68. The van der Waals surface area contributed by atoms with Gasteiger partial charge in [-0.05, 0) is 66.9 Å². The predicted molar refractivity (Wildman–Crippen MR) is 196 cm³/mol. The van der Waals surface area contributed by atoms with Crippen LogP contribution in [-0.4, -0.2) is 33.4 Å². The molecular weight excluding hydrogens is 681 g/mol. The molecule has 0 spiro atoms. The number of allylic oxidation sites excluding steroid dienone is 1. The van der Waals surface area contributed by atoms with E-state index in [-0.39, 0.29) is 30.2 Å². The van der Waals surface area contributed by atoms with E-state index in [4.69, 9.17) is 19.2 Å². The van der Waals surface area contributed by atoms with Crippen molar-refractivity contribution in [3.63, 3.8) is 0 Å². The molecule has 11 nitrogen and oxygen atoms in total. The molecule has 0 N–H and O–H groups in total. The number of benzene rings is 4. The smallest absolute Gasteiger partial charge is 0.338 e. The van der Waals surface area contributed by atoms with Crippen molar-refractivity contribution in [1.82, 2.24) is 9.13 Å². The summed E-state index contributed by atoms with van der Waals surface area (Å²) in [6.07, 6.45) is 1.85. The second-order valence-electron chi connectivity index (χ2n) is 12.1. The Morgan fingerprint density at radius 1 is 0.962 bits per heavy atom. The van der Waals surface area contributed by atoms with E-state index in [1.807, 2.05) is 78.9 Å². The number of non-ortho nitro benzene ring substituents is 1. The number of nitro benzene ring substituents is 1. The minimum Gasteiger partial charge on any atom is -0.463 e. The molecule has 8 rings (SSSR count). The van der Waals surface area contributed by atoms with Crippen LogP contribution in [0.15, 0.2) is 130 Å². The Bertz CT molecular complexity index is 2590. The van der Waals surface area contributed by atoms with Gasteiger partial charge in [-0.1, -0.05) is 78.1 Å². The van der Waals surface area contributed by atoms with Crippen LogP contribution < -0.4 is 24.4 Å². The van der Waals surface area contributed by atoms with Gasteiger partial charge in [-0.3, -0.25) is 19.5 Å². The summed E-state index contributed by atoms with van der Waals surface area (Å²) in [6.45, 7) is 3.71. The number of nitrogens with zero attached hydrogens (tertiary/aromatic N) is 4. The Labute approximate surface area is 300 Å². The van der Waals surface area contributed by atoms with Gasteiger partial charge in [0.1, 0.15) is 0 Å². The van der Waals surface area contributed by atoms with Crippen molar-refractivity contribution < 1.29 is 23.9 Å². The molecule has 0 fully saturated rings. The number of carbonyl (C=O) groups excluding carboxylic acids is 1. The maximum atomic E-state index is 14.6. The monoisotopic (exact) mass is 710 g/mol. The molecule has 0 bridgehead atoms. The van der Waals surface area contributed by atoms with E-state index in [1.54, 1.807) is 42.7 Å². The molecule has 0 amide bonds. The van der Waals surface area contributed by atoms with Gasteiger partial charge in [-0.2, -0.15) is 0 Å². The Hall–Kier alpha value is -6.53. The molecule has 0 unspecified atom stereocenters. The van der Waals surface area contributed by atoms with E-state index in [1.165, 1.54) is 23.5 Å². The third-order valence-electron chi connectivity index (χ3n) is 8.98. The lowest BCUT2D eigenvalue weighted by Crippen LogP contribution is -2.39. The topological polar surface area (TPSA) is 127 Å². The predicted octanol–water partition coefficient (Wildman–Crippen LogP) is 6.56. The van der Waals surface area contributed by atoms with E-state index < -0.39 is 16.9 Å². The first-order valence-corrected chi connectivity index (χ1v) is 17.3. The molecule has 0 aliphatic carbocycles. The fourth-order valence-corrected chi connectivity index (χ4v) is 7.71. The minimum atomic E-state index is -0.829. The summed E-state index contributed by atoms with van der Waals surface area (Å²) in [5.41, 5.74) is 5.87. The summed E-state index contributed by atoms with van der Waals surface area (Å²) in [5, 5.41) is 11.5. The van der Waals surface area contributed by atoms with E-state index in [2.05, 4.69) is 4.57 Å². The fourth-order valence-electron chi connectivity index (χ4n) is 6.68. The molecule has 12 heteroatoms. The van der Waals surface area contributed by atoms with Gasteiger partial charge in [0.15, 0.2) is 16.3 Å². The number of ether oxygens (including phenoxy) is 3. The van der Waals surface area contributed by atoms with Crippen molar-refractivity contribution in [2.75, 3.05) is 13.4 Å². The zero-order chi connectivity index (χ0) is 35.9. The van der Waals surface area contributed by atoms with Crippen molar-refractivity contribution in [2.45, 2.75) is 19.9 Å². The number of thiazole rings is 1. The lowest BCUT2D eigenvalue weighted by atomic mass is 9.95. The van der Waals surface area contributed by atoms with Gasteiger partial charge in [0, 0.05) is 23.4 Å². The van der Waals surface area contributed by atoms with Gasteiger partial charge < -0.3 is 18.8 Å². The average Bonchev–Trinajstić information content (AvgIpc) is 3.87. The fraction of sp³-hybridized carbons (Fsp3) is 0.125. The molecule has 2 aromatic heterocycles. The molecule has 0 radical (unpaired) electrons. The molecular formula is C40H30N4O7S. The number of esters is 1. The number of fused-ring (bicyclic) bond motifs is 2. The van der Waals surface area contributed by atoms with E-state index in [9.17, 15) is 19.7 Å². The largest absolute Gasteiger partial charge is 0.463 e. The summed E-state index contributed by atoms with van der Waals surface area (Å²) in [6, 6.07) is 32.6. The van der Waals surface area contributed by atoms with Crippen LogP contribution in [0.25, 0.3) is 34.3 Å². The van der Waals surface area contributed by atoms with Crippen molar-refractivity contribution in [3.8, 4) is 39.7 Å². The van der Waals surface area contributed by atoms with Crippen LogP contribution in [0.1, 0.15) is 31.0 Å². The minimum absolute atomic E-state index is 0.0192. The number of hydrogen-bond acceptors (Lipinski definition) is 9. The van der Waals surface area contributed by atoms with Crippen LogP contribution in [0.3, 0.4) is 0 Å². The number of rotatable bonds is 8. The molecule has 52 heavy (non-hydrogen) atoms. The molecule has 258 valence electrons. The van der Waals surface area contributed by atoms with Crippen molar-refractivity contribution in [1.29, 1.82) is 0 Å². The zero-order valence-corrected chi connectivity index (χ0v) is 28.8. The van der Waals surface area contributed by atoms with E-state index in [0.717, 1.165) is 28.1 Å². The molecule has 0 saturated heterocycles. The highest BCUT2D eigenvalue weighted by Gasteiger charge is 2.34. The molecule has 0 saturated carbocycles. The third-order valence-corrected chi connectivity index (χ3v) is 9.96. The van der Waals surface area contributed by atoms with Crippen LogP contribution in [0.2, 0.25) is 0 Å². The molecule has 6 aromatic rings. The first kappa shape index (κ1) is 32.7. The van der Waals surface area contributed by atoms with Gasteiger partial charge in [0.25, 0.3) is 11.2 Å². The average molecular weight is 711 g/mol. The molecule has 2 aliphatic rings. The first-order valence-electron chi connectivity index (χ1n) is 16.5. The Morgan fingerprint density at radius 2 is 1.65 bits per heavy atom. The molecule has 4 aromatic carbocycles. The SMILES string of the molecule is CCOC(=O)C1=C(C)N=c2s/c(=C\c3cc(-c4ccccc4)n(-c4ccc([N+](=O)[O-])cc4)c3-c3ccccc3)c(=O)n2[C@H]1c1ccc2c(c1)OCO2. The van der Waals surface area contributed by atoms with Gasteiger partial charge >= 0.3 is 5.97 Å². The number of nitro groups is 1. The van der Waals surface area contributed by atoms with E-state index >= 15 is 0 Å². The maximum absolute atomic E-state index is 14.6. The standard InChI is InChI=1S/C40H30N4O7S/c1-3-49-39(46)35-24(2)41-40-43(37(35)27-14-19-32-33(21-27)51-23-50-32)38(45)34(52-40)22-28-20-31(25-10-6-4-7-11-25)42(36(28)26-12-8-5-9-13-26)29-15-17-30(18-16-29)44(47)48/h4-22,37H,3,23H2,1-2H3/b34-22-/t37-/m0/s1. The molecule has 4 heterocycles. The zero-order valence-electron chi connectivity index (χ0n) is 28.0. The van der Waals surface area contributed by atoms with Crippen LogP contribution in [0.5, 0.6) is 11.5 Å². The summed E-state index contributed by atoms with van der Waals surface area (Å²) < 4.78 is 20.7. The van der Waals surface area contributed by atoms with Crippen LogP contribution in [0, 0.1) is 10.1 Å². The van der Waals surface area contributed by atoms with Crippen molar-refractivity contribution in [3.05, 3.63) is 161 Å². The summed E-state index contributed by atoms with van der Waals surface area (Å²) in [7, 11) is 0. The maximum Gasteiger partial charge on any atom is 0.338 e. The quantitative estimate of drug-likeness (QED) is 0.0995. The van der Waals surface area contributed by atoms with Gasteiger partial charge in [-0.25, -0.2) is 9.79 Å². The van der Waals surface area contributed by atoms with Gasteiger partial charge in [0.05, 0.1) is 44.8 Å². The van der Waals surface area contributed by atoms with Crippen molar-refractivity contribution in [2.24, 2.45) is 4.99 Å². The summed E-state index contributed by atoms with van der Waals surface area (Å²) >= 11 is 1.23. The molecule has 2 aliphatic heterocycles. The number of carbonyl (C=O) groups is 1. The second-order valence-corrected chi connectivity index (χ2v) is 13.1. The lowest BCUT2D eigenvalue weighted by molar-refractivity contribution is -0.384. The van der Waals surface area contributed by atoms with Crippen LogP contribution in [-0.2, 0) is 9.53 Å². The summed E-state index contributed by atoms with van der Waals surface area (Å²) in [5.74, 6) is 0.542. The van der Waals surface area contributed by atoms with E-state index in [0.29, 0.717) is 37.8 Å². The number of aromatic nitrogens is 2. The highest BCUT2D eigenvalue weighted by atomic mass is 32.1. The first-order chi connectivity index (χ1) is 25.3. The molecule has 1 atom stereocenters. The highest BCUT2D eigenvalue weighted by Crippen LogP contribution is 2.39. The van der Waals surface area contributed by atoms with Crippen molar-refractivity contribution >= 4 is 29.1 Å². The van der Waals surface area contributed by atoms with Gasteiger partial charge in [0.2, 0.25) is 6.79 Å². The van der Waals surface area contributed by atoms with Crippen LogP contribution >= 0.6 is 11.3 Å². The Morgan fingerprint density at radius 3 is 2.35 bits per heavy atom. The second kappa shape index (κ2) is 13.3. The Balaban J connectivity index is 1.38. The summed E-state index contributed by atoms with van der Waals surface area (Å²) in [4.78, 5) is 44.4. The normalized spacial score (nSPS) is 15.0. The lowest BCUT2D eigenvalue weighted by Gasteiger charge is -2.24. The van der Waals surface area contributed by atoms with Gasteiger partial charge in [-0.15, -0.1) is 0 Å². The highest BCUT2D eigenvalue weighted by molar-refractivity contribution is 7.07. The number of hydrogen-bond donors (Lipinski definition) is 0. The van der Waals surface area contributed by atoms with Crippen LogP contribution in [0.4, 0.5) is 5.69 Å².